The number of rotatable bonds is 5. The van der Waals surface area contributed by atoms with Gasteiger partial charge in [-0.3, -0.25) is 4.79 Å². The lowest BCUT2D eigenvalue weighted by molar-refractivity contribution is 0.0777. The van der Waals surface area contributed by atoms with Crippen LogP contribution in [0.15, 0.2) is 30.5 Å². The molecular formula is C21H25N7O2. The van der Waals surface area contributed by atoms with Gasteiger partial charge in [-0.25, -0.2) is 4.98 Å². The number of anilines is 1. The number of hydrogen-bond acceptors (Lipinski definition) is 7. The van der Waals surface area contributed by atoms with Crippen molar-refractivity contribution < 1.29 is 9.53 Å². The van der Waals surface area contributed by atoms with E-state index in [1.54, 1.807) is 18.3 Å². The summed E-state index contributed by atoms with van der Waals surface area (Å²) in [5.74, 6) is 3.10. The molecule has 0 aromatic carbocycles. The Bertz CT molecular complexity index is 1070. The van der Waals surface area contributed by atoms with Gasteiger partial charge >= 0.3 is 0 Å². The van der Waals surface area contributed by atoms with Crippen LogP contribution in [0.2, 0.25) is 0 Å². The van der Waals surface area contributed by atoms with E-state index in [4.69, 9.17) is 9.84 Å². The minimum Gasteiger partial charge on any atom is -0.477 e. The van der Waals surface area contributed by atoms with Crippen molar-refractivity contribution in [1.29, 1.82) is 0 Å². The predicted octanol–water partition coefficient (Wildman–Crippen LogP) is 1.69. The minimum atomic E-state index is 0.00382. The van der Waals surface area contributed by atoms with E-state index in [-0.39, 0.29) is 5.91 Å². The van der Waals surface area contributed by atoms with Crippen LogP contribution in [0.4, 0.5) is 5.82 Å². The average molecular weight is 407 g/mol. The second-order valence-corrected chi connectivity index (χ2v) is 7.86. The third kappa shape index (κ3) is 3.14. The molecule has 0 aliphatic carbocycles. The van der Waals surface area contributed by atoms with Gasteiger partial charge in [-0.15, -0.1) is 15.3 Å². The van der Waals surface area contributed by atoms with Gasteiger partial charge in [-0.1, -0.05) is 6.92 Å². The van der Waals surface area contributed by atoms with Gasteiger partial charge < -0.3 is 14.5 Å². The maximum absolute atomic E-state index is 13.1. The van der Waals surface area contributed by atoms with Crippen LogP contribution >= 0.6 is 0 Å². The van der Waals surface area contributed by atoms with Crippen LogP contribution in [-0.2, 0) is 6.42 Å². The number of carbonyl (C=O) groups excluding carboxylic acids is 1. The van der Waals surface area contributed by atoms with Crippen LogP contribution in [0.3, 0.4) is 0 Å². The van der Waals surface area contributed by atoms with E-state index in [9.17, 15) is 4.79 Å². The monoisotopic (exact) mass is 407 g/mol. The van der Waals surface area contributed by atoms with E-state index >= 15 is 0 Å². The number of amides is 1. The molecule has 2 atom stereocenters. The second-order valence-electron chi connectivity index (χ2n) is 7.86. The first-order valence-corrected chi connectivity index (χ1v) is 10.5. The summed E-state index contributed by atoms with van der Waals surface area (Å²) in [5.41, 5.74) is 1.32. The van der Waals surface area contributed by atoms with Gasteiger partial charge in [0.15, 0.2) is 11.5 Å². The Kier molecular flexibility index (Phi) is 4.72. The molecule has 0 saturated carbocycles. The van der Waals surface area contributed by atoms with E-state index in [2.05, 4.69) is 27.0 Å². The Morgan fingerprint density at radius 1 is 1.10 bits per heavy atom. The van der Waals surface area contributed by atoms with Gasteiger partial charge in [-0.05, 0) is 31.2 Å². The van der Waals surface area contributed by atoms with Crippen LogP contribution in [0, 0.1) is 11.8 Å². The first-order chi connectivity index (χ1) is 14.7. The Labute approximate surface area is 174 Å². The molecule has 156 valence electrons. The number of hydrogen-bond donors (Lipinski definition) is 0. The zero-order chi connectivity index (χ0) is 20.7. The number of nitrogens with zero attached hydrogens (tertiary/aromatic N) is 7. The second kappa shape index (κ2) is 7.55. The van der Waals surface area contributed by atoms with Gasteiger partial charge in [0, 0.05) is 50.6 Å². The van der Waals surface area contributed by atoms with E-state index in [1.165, 1.54) is 0 Å². The molecule has 30 heavy (non-hydrogen) atoms. The molecule has 2 saturated heterocycles. The number of fused-ring (bicyclic) bond motifs is 2. The third-order valence-corrected chi connectivity index (χ3v) is 6.01. The summed E-state index contributed by atoms with van der Waals surface area (Å²) in [6.07, 6.45) is 2.44. The molecule has 5 rings (SSSR count). The van der Waals surface area contributed by atoms with Crippen LogP contribution in [0.25, 0.3) is 5.65 Å². The van der Waals surface area contributed by atoms with Crippen LogP contribution in [0.5, 0.6) is 5.88 Å². The van der Waals surface area contributed by atoms with Gasteiger partial charge in [0.05, 0.1) is 6.61 Å². The van der Waals surface area contributed by atoms with Crippen molar-refractivity contribution in [3.8, 4) is 5.88 Å². The minimum absolute atomic E-state index is 0.00382. The molecule has 0 radical (unpaired) electrons. The van der Waals surface area contributed by atoms with Crippen molar-refractivity contribution >= 4 is 17.4 Å². The summed E-state index contributed by atoms with van der Waals surface area (Å²) < 4.78 is 7.38. The zero-order valence-electron chi connectivity index (χ0n) is 17.2. The molecule has 3 aromatic heterocycles. The molecular weight excluding hydrogens is 382 g/mol. The van der Waals surface area contributed by atoms with Gasteiger partial charge in [0.2, 0.25) is 5.88 Å². The van der Waals surface area contributed by atoms with Gasteiger partial charge in [0.1, 0.15) is 11.4 Å². The average Bonchev–Trinajstić information content (AvgIpc) is 3.46. The van der Waals surface area contributed by atoms with Crippen molar-refractivity contribution in [1.82, 2.24) is 29.7 Å². The van der Waals surface area contributed by atoms with Crippen molar-refractivity contribution in [3.05, 3.63) is 41.9 Å². The molecule has 9 heteroatoms. The molecule has 2 aliphatic rings. The summed E-state index contributed by atoms with van der Waals surface area (Å²) in [5, 5.41) is 13.1. The first kappa shape index (κ1) is 18.8. The number of aromatic nitrogens is 5. The summed E-state index contributed by atoms with van der Waals surface area (Å²) >= 11 is 0. The molecule has 2 unspecified atom stereocenters. The maximum Gasteiger partial charge on any atom is 0.259 e. The fourth-order valence-electron chi connectivity index (χ4n) is 4.53. The highest BCUT2D eigenvalue weighted by Crippen LogP contribution is 2.34. The highest BCUT2D eigenvalue weighted by molar-refractivity contribution is 5.96. The lowest BCUT2D eigenvalue weighted by Crippen LogP contribution is -2.34. The lowest BCUT2D eigenvalue weighted by Gasteiger charge is -2.23. The number of carbonyl (C=O) groups is 1. The largest absolute Gasteiger partial charge is 0.477 e. The first-order valence-electron chi connectivity index (χ1n) is 10.5. The molecule has 5 heterocycles. The summed E-state index contributed by atoms with van der Waals surface area (Å²) in [6, 6.07) is 7.56. The highest BCUT2D eigenvalue weighted by atomic mass is 16.5. The van der Waals surface area contributed by atoms with Crippen LogP contribution in [0.1, 0.15) is 30.0 Å². The fourth-order valence-corrected chi connectivity index (χ4v) is 4.53. The Morgan fingerprint density at radius 3 is 2.63 bits per heavy atom. The highest BCUT2D eigenvalue weighted by Gasteiger charge is 2.42. The molecule has 2 aliphatic heterocycles. The number of likely N-dealkylation sites (tertiary alicyclic amines) is 1. The van der Waals surface area contributed by atoms with Gasteiger partial charge in [0.25, 0.3) is 5.91 Å². The summed E-state index contributed by atoms with van der Waals surface area (Å²) in [6.45, 7) is 7.71. The van der Waals surface area contributed by atoms with Crippen LogP contribution < -0.4 is 9.64 Å². The van der Waals surface area contributed by atoms with Crippen LogP contribution in [-0.4, -0.2) is 68.4 Å². The maximum atomic E-state index is 13.1. The Balaban J connectivity index is 1.29. The standard InChI is InChI=1S/C21H25N7O2/c1-3-17-23-24-18-7-8-19(25-28(17)18)26-10-14-12-27(13-15(14)11-26)21(29)16-6-5-9-22-20(16)30-4-2/h5-9,14-15H,3-4,10-13H2,1-2H3. The third-order valence-electron chi connectivity index (χ3n) is 6.01. The molecule has 2 fully saturated rings. The van der Waals surface area contributed by atoms with Crippen molar-refractivity contribution in [2.24, 2.45) is 11.8 Å². The topological polar surface area (TPSA) is 88.8 Å². The quantitative estimate of drug-likeness (QED) is 0.636. The number of pyridine rings is 1. The Morgan fingerprint density at radius 2 is 1.90 bits per heavy atom. The van der Waals surface area contributed by atoms with Crippen molar-refractivity contribution in [2.75, 3.05) is 37.7 Å². The van der Waals surface area contributed by atoms with Crippen molar-refractivity contribution in [3.63, 3.8) is 0 Å². The Hall–Kier alpha value is -3.23. The summed E-state index contributed by atoms with van der Waals surface area (Å²) in [7, 11) is 0. The normalized spacial score (nSPS) is 20.7. The van der Waals surface area contributed by atoms with Gasteiger partial charge in [-0.2, -0.15) is 4.52 Å². The smallest absolute Gasteiger partial charge is 0.259 e. The van der Waals surface area contributed by atoms with E-state index < -0.39 is 0 Å². The number of ether oxygens (including phenoxy) is 1. The molecule has 0 bridgehead atoms. The van der Waals surface area contributed by atoms with E-state index in [0.29, 0.717) is 29.9 Å². The molecule has 0 spiro atoms. The predicted molar refractivity (Wildman–Crippen MR) is 111 cm³/mol. The summed E-state index contributed by atoms with van der Waals surface area (Å²) in [4.78, 5) is 21.5. The molecule has 9 nitrogen and oxygen atoms in total. The molecule has 0 N–H and O–H groups in total. The van der Waals surface area contributed by atoms with Crippen molar-refractivity contribution in [2.45, 2.75) is 20.3 Å². The van der Waals surface area contributed by atoms with E-state index in [1.807, 2.05) is 28.5 Å². The molecule has 3 aromatic rings. The van der Waals surface area contributed by atoms with E-state index in [0.717, 1.165) is 49.9 Å². The fraction of sp³-hybridized carbons (Fsp3) is 0.476. The zero-order valence-corrected chi connectivity index (χ0v) is 17.2. The number of aryl methyl sites for hydroxylation is 1. The molecule has 1 amide bonds. The SMILES string of the molecule is CCOc1ncccc1C(=O)N1CC2CN(c3ccc4nnc(CC)n4n3)CC2C1. The lowest BCUT2D eigenvalue weighted by atomic mass is 10.0.